The van der Waals surface area contributed by atoms with Crippen molar-refractivity contribution in [2.45, 2.75) is 33.7 Å². The van der Waals surface area contributed by atoms with Crippen LogP contribution in [0.4, 0.5) is 0 Å². The molecule has 0 spiro atoms. The molecule has 0 aliphatic carbocycles. The second-order valence-electron chi connectivity index (χ2n) is 5.68. The number of benzene rings is 1. The SMILES string of the molecule is CCOc1ccc(C)cc1C(C)NC(=O)/C(C#N)=C\N(CC)CCO. The lowest BCUT2D eigenvalue weighted by Crippen LogP contribution is -2.30. The maximum atomic E-state index is 12.4. The molecule has 25 heavy (non-hydrogen) atoms. The largest absolute Gasteiger partial charge is 0.494 e. The summed E-state index contributed by atoms with van der Waals surface area (Å²) in [6.07, 6.45) is 1.48. The number of aliphatic hydroxyl groups excluding tert-OH is 1. The molecular weight excluding hydrogens is 318 g/mol. The number of likely N-dealkylation sites (N-methyl/N-ethyl adjacent to an activating group) is 1. The molecule has 1 unspecified atom stereocenters. The summed E-state index contributed by atoms with van der Waals surface area (Å²) in [5, 5.41) is 21.2. The van der Waals surface area contributed by atoms with Gasteiger partial charge in [-0.3, -0.25) is 4.79 Å². The Morgan fingerprint density at radius 1 is 1.48 bits per heavy atom. The van der Waals surface area contributed by atoms with Crippen molar-refractivity contribution in [2.24, 2.45) is 0 Å². The van der Waals surface area contributed by atoms with E-state index in [1.54, 1.807) is 4.90 Å². The summed E-state index contributed by atoms with van der Waals surface area (Å²) in [5.41, 5.74) is 1.94. The first kappa shape index (κ1) is 20.5. The fourth-order valence-electron chi connectivity index (χ4n) is 2.41. The van der Waals surface area contributed by atoms with E-state index in [0.29, 0.717) is 19.7 Å². The standard InChI is InChI=1S/C19H27N3O3/c1-5-22(9-10-23)13-16(12-20)19(24)21-15(4)17-11-14(3)7-8-18(17)25-6-2/h7-8,11,13,15,23H,5-6,9-10H2,1-4H3,(H,21,24)/b16-13-. The van der Waals surface area contributed by atoms with Gasteiger partial charge < -0.3 is 20.1 Å². The van der Waals surface area contributed by atoms with Crippen molar-refractivity contribution in [1.29, 1.82) is 5.26 Å². The Bertz CT molecular complexity index is 650. The van der Waals surface area contributed by atoms with Gasteiger partial charge in [-0.15, -0.1) is 0 Å². The van der Waals surface area contributed by atoms with Crippen LogP contribution in [0.25, 0.3) is 0 Å². The van der Waals surface area contributed by atoms with E-state index in [2.05, 4.69) is 5.32 Å². The summed E-state index contributed by atoms with van der Waals surface area (Å²) in [5.74, 6) is 0.272. The van der Waals surface area contributed by atoms with Gasteiger partial charge in [-0.1, -0.05) is 17.7 Å². The first-order valence-electron chi connectivity index (χ1n) is 8.47. The van der Waals surface area contributed by atoms with Crippen LogP contribution in [-0.2, 0) is 4.79 Å². The summed E-state index contributed by atoms with van der Waals surface area (Å²) >= 11 is 0. The van der Waals surface area contributed by atoms with E-state index < -0.39 is 5.91 Å². The number of nitrogens with one attached hydrogen (secondary N) is 1. The minimum Gasteiger partial charge on any atom is -0.494 e. The van der Waals surface area contributed by atoms with Crippen molar-refractivity contribution in [3.8, 4) is 11.8 Å². The Hall–Kier alpha value is -2.52. The van der Waals surface area contributed by atoms with Gasteiger partial charge in [-0.05, 0) is 33.8 Å². The van der Waals surface area contributed by atoms with E-state index in [1.165, 1.54) is 6.20 Å². The van der Waals surface area contributed by atoms with E-state index in [9.17, 15) is 10.1 Å². The number of aliphatic hydroxyl groups is 1. The lowest BCUT2D eigenvalue weighted by Gasteiger charge is -2.20. The Labute approximate surface area is 149 Å². The molecule has 0 fully saturated rings. The molecule has 0 saturated heterocycles. The summed E-state index contributed by atoms with van der Waals surface area (Å²) in [7, 11) is 0. The third kappa shape index (κ3) is 6.12. The van der Waals surface area contributed by atoms with Crippen molar-refractivity contribution in [2.75, 3.05) is 26.3 Å². The number of rotatable bonds is 9. The van der Waals surface area contributed by atoms with Gasteiger partial charge in [0.25, 0.3) is 5.91 Å². The summed E-state index contributed by atoms with van der Waals surface area (Å²) in [6.45, 7) is 9.09. The summed E-state index contributed by atoms with van der Waals surface area (Å²) in [4.78, 5) is 14.2. The number of nitrogens with zero attached hydrogens (tertiary/aromatic N) is 2. The topological polar surface area (TPSA) is 85.6 Å². The molecule has 0 bridgehead atoms. The van der Waals surface area contributed by atoms with Gasteiger partial charge in [0.2, 0.25) is 0 Å². The van der Waals surface area contributed by atoms with E-state index in [4.69, 9.17) is 9.84 Å². The lowest BCUT2D eigenvalue weighted by molar-refractivity contribution is -0.117. The van der Waals surface area contributed by atoms with Crippen LogP contribution in [0.15, 0.2) is 30.0 Å². The van der Waals surface area contributed by atoms with E-state index in [-0.39, 0.29) is 18.2 Å². The zero-order chi connectivity index (χ0) is 18.8. The van der Waals surface area contributed by atoms with Crippen molar-refractivity contribution in [3.63, 3.8) is 0 Å². The molecule has 0 saturated carbocycles. The number of aryl methyl sites for hydroxylation is 1. The first-order valence-corrected chi connectivity index (χ1v) is 8.47. The summed E-state index contributed by atoms with van der Waals surface area (Å²) in [6, 6.07) is 7.43. The van der Waals surface area contributed by atoms with Gasteiger partial charge in [-0.2, -0.15) is 5.26 Å². The minimum atomic E-state index is -0.449. The molecule has 6 heteroatoms. The molecule has 0 aliphatic heterocycles. The molecule has 1 aromatic rings. The smallest absolute Gasteiger partial charge is 0.263 e. The van der Waals surface area contributed by atoms with Crippen LogP contribution >= 0.6 is 0 Å². The Balaban J connectivity index is 2.96. The van der Waals surface area contributed by atoms with E-state index >= 15 is 0 Å². The predicted octanol–water partition coefficient (Wildman–Crippen LogP) is 2.29. The summed E-state index contributed by atoms with van der Waals surface area (Å²) < 4.78 is 5.63. The molecule has 1 aromatic carbocycles. The normalized spacial score (nSPS) is 12.2. The highest BCUT2D eigenvalue weighted by molar-refractivity contribution is 5.97. The van der Waals surface area contributed by atoms with Crippen LogP contribution in [0.3, 0.4) is 0 Å². The van der Waals surface area contributed by atoms with Crippen molar-refractivity contribution in [1.82, 2.24) is 10.2 Å². The van der Waals surface area contributed by atoms with Crippen molar-refractivity contribution < 1.29 is 14.6 Å². The van der Waals surface area contributed by atoms with Gasteiger partial charge in [0.1, 0.15) is 17.4 Å². The van der Waals surface area contributed by atoms with Gasteiger partial charge in [0.05, 0.1) is 19.3 Å². The molecule has 0 aliphatic rings. The van der Waals surface area contributed by atoms with Gasteiger partial charge in [-0.25, -0.2) is 0 Å². The second kappa shape index (κ2) is 10.4. The Morgan fingerprint density at radius 2 is 2.20 bits per heavy atom. The van der Waals surface area contributed by atoms with Crippen LogP contribution in [-0.4, -0.2) is 42.2 Å². The van der Waals surface area contributed by atoms with Crippen molar-refractivity contribution in [3.05, 3.63) is 41.1 Å². The molecule has 0 aromatic heterocycles. The second-order valence-corrected chi connectivity index (χ2v) is 5.68. The van der Waals surface area contributed by atoms with Gasteiger partial charge in [0.15, 0.2) is 0 Å². The number of carbonyl (C=O) groups is 1. The molecule has 6 nitrogen and oxygen atoms in total. The maximum Gasteiger partial charge on any atom is 0.263 e. The minimum absolute atomic E-state index is 0.00719. The number of nitriles is 1. The van der Waals surface area contributed by atoms with E-state index in [0.717, 1.165) is 16.9 Å². The van der Waals surface area contributed by atoms with E-state index in [1.807, 2.05) is 52.0 Å². The number of hydrogen-bond acceptors (Lipinski definition) is 5. The molecule has 1 amide bonds. The fourth-order valence-corrected chi connectivity index (χ4v) is 2.41. The molecule has 1 atom stereocenters. The maximum absolute atomic E-state index is 12.4. The number of hydrogen-bond donors (Lipinski definition) is 2. The number of amides is 1. The van der Waals surface area contributed by atoms with Crippen LogP contribution in [0, 0.1) is 18.3 Å². The quantitative estimate of drug-likeness (QED) is 0.530. The predicted molar refractivity (Wildman–Crippen MR) is 96.9 cm³/mol. The molecular formula is C19H27N3O3. The lowest BCUT2D eigenvalue weighted by atomic mass is 10.0. The van der Waals surface area contributed by atoms with Crippen LogP contribution < -0.4 is 10.1 Å². The molecule has 0 radical (unpaired) electrons. The molecule has 1 rings (SSSR count). The highest BCUT2D eigenvalue weighted by Gasteiger charge is 2.18. The van der Waals surface area contributed by atoms with Gasteiger partial charge >= 0.3 is 0 Å². The van der Waals surface area contributed by atoms with Crippen molar-refractivity contribution >= 4 is 5.91 Å². The molecule has 2 N–H and O–H groups in total. The number of carbonyl (C=O) groups excluding carboxylic acids is 1. The molecule has 136 valence electrons. The third-order valence-corrected chi connectivity index (χ3v) is 3.75. The average molecular weight is 345 g/mol. The Kier molecular flexibility index (Phi) is 8.51. The zero-order valence-electron chi connectivity index (χ0n) is 15.4. The zero-order valence-corrected chi connectivity index (χ0v) is 15.4. The van der Waals surface area contributed by atoms with Gasteiger partial charge in [0, 0.05) is 24.9 Å². The van der Waals surface area contributed by atoms with Crippen LogP contribution in [0.1, 0.15) is 37.9 Å². The first-order chi connectivity index (χ1) is 12.0. The fraction of sp³-hybridized carbons (Fsp3) is 0.474. The molecule has 0 heterocycles. The third-order valence-electron chi connectivity index (χ3n) is 3.75. The van der Waals surface area contributed by atoms with Crippen LogP contribution in [0.2, 0.25) is 0 Å². The highest BCUT2D eigenvalue weighted by atomic mass is 16.5. The van der Waals surface area contributed by atoms with Crippen LogP contribution in [0.5, 0.6) is 5.75 Å². The Morgan fingerprint density at radius 3 is 2.76 bits per heavy atom. The number of ether oxygens (including phenoxy) is 1. The average Bonchev–Trinajstić information content (AvgIpc) is 2.60. The monoisotopic (exact) mass is 345 g/mol. The highest BCUT2D eigenvalue weighted by Crippen LogP contribution is 2.26.